The van der Waals surface area contributed by atoms with Gasteiger partial charge in [-0.25, -0.2) is 4.79 Å². The maximum atomic E-state index is 12.5. The van der Waals surface area contributed by atoms with E-state index in [9.17, 15) is 14.4 Å². The largest absolute Gasteiger partial charge is 0.502 e. The average molecular weight is 356 g/mol. The number of fused-ring (bicyclic) bond motifs is 1. The molecule has 3 aliphatic heterocycles. The lowest BCUT2D eigenvalue weighted by atomic mass is 10.2. The van der Waals surface area contributed by atoms with Gasteiger partial charge in [0.25, 0.3) is 18.7 Å². The fraction of sp³-hybridized carbons (Fsp3) is 0.500. The minimum Gasteiger partial charge on any atom is -0.337 e. The summed E-state index contributed by atoms with van der Waals surface area (Å²) < 4.78 is 1.05. The zero-order valence-electron chi connectivity index (χ0n) is 14.8. The van der Waals surface area contributed by atoms with Gasteiger partial charge in [0.05, 0.1) is 0 Å². The molecular formula is C18H22N5O3+. The van der Waals surface area contributed by atoms with Gasteiger partial charge in [-0.3, -0.25) is 14.5 Å². The summed E-state index contributed by atoms with van der Waals surface area (Å²) >= 11 is 0. The van der Waals surface area contributed by atoms with E-state index in [1.807, 2.05) is 36.1 Å². The molecule has 3 amide bonds. The quantitative estimate of drug-likeness (QED) is 0.586. The van der Waals surface area contributed by atoms with Crippen LogP contribution in [0, 0.1) is 6.92 Å². The third-order valence-corrected chi connectivity index (χ3v) is 5.17. The molecule has 2 saturated heterocycles. The number of anilines is 1. The van der Waals surface area contributed by atoms with Crippen LogP contribution < -0.4 is 4.90 Å². The normalized spacial score (nSPS) is 22.7. The average Bonchev–Trinajstić information content (AvgIpc) is 3.30. The van der Waals surface area contributed by atoms with Crippen molar-refractivity contribution in [1.82, 2.24) is 9.80 Å². The van der Waals surface area contributed by atoms with Gasteiger partial charge in [0.1, 0.15) is 0 Å². The SMILES string of the molecule is Cc1ccc(N2CCN3C(=O)C(=O)[N+](CC(=O)N4CCCC4)=NC32)cc1. The first-order valence-electron chi connectivity index (χ1n) is 8.99. The second-order valence-corrected chi connectivity index (χ2v) is 6.94. The monoisotopic (exact) mass is 356 g/mol. The van der Waals surface area contributed by atoms with E-state index in [1.54, 1.807) is 4.90 Å². The van der Waals surface area contributed by atoms with Crippen molar-refractivity contribution in [2.45, 2.75) is 26.1 Å². The first kappa shape index (κ1) is 16.7. The van der Waals surface area contributed by atoms with Crippen LogP contribution in [-0.2, 0) is 14.4 Å². The third kappa shape index (κ3) is 2.85. The van der Waals surface area contributed by atoms with Crippen LogP contribution in [0.1, 0.15) is 18.4 Å². The molecule has 2 fully saturated rings. The standard InChI is InChI=1S/C18H22N5O3/c1-13-4-6-14(7-5-13)21-10-11-22-16(25)17(26)23(19-18(21)22)12-15(24)20-8-2-3-9-20/h4-7,18H,2-3,8-12H2,1H3/q+1. The first-order valence-corrected chi connectivity index (χ1v) is 8.99. The van der Waals surface area contributed by atoms with Gasteiger partial charge in [-0.05, 0) is 36.6 Å². The Hall–Kier alpha value is -2.77. The number of hydrogen-bond donors (Lipinski definition) is 0. The van der Waals surface area contributed by atoms with Crippen LogP contribution in [-0.4, -0.2) is 71.2 Å². The summed E-state index contributed by atoms with van der Waals surface area (Å²) in [5, 5.41) is 4.43. The van der Waals surface area contributed by atoms with E-state index in [-0.39, 0.29) is 12.5 Å². The Morgan fingerprint density at radius 2 is 1.73 bits per heavy atom. The van der Waals surface area contributed by atoms with Crippen molar-refractivity contribution in [2.75, 3.05) is 37.6 Å². The van der Waals surface area contributed by atoms with Crippen molar-refractivity contribution < 1.29 is 19.1 Å². The van der Waals surface area contributed by atoms with E-state index in [0.717, 1.165) is 28.8 Å². The predicted molar refractivity (Wildman–Crippen MR) is 92.4 cm³/mol. The maximum Gasteiger partial charge on any atom is 0.502 e. The Bertz CT molecular complexity index is 783. The lowest BCUT2D eigenvalue weighted by Crippen LogP contribution is -2.53. The predicted octanol–water partition coefficient (Wildman–Crippen LogP) is 0.555. The van der Waals surface area contributed by atoms with E-state index < -0.39 is 18.1 Å². The molecular weight excluding hydrogens is 334 g/mol. The Balaban J connectivity index is 1.59. The second-order valence-electron chi connectivity index (χ2n) is 6.94. The highest BCUT2D eigenvalue weighted by Gasteiger charge is 2.50. The van der Waals surface area contributed by atoms with E-state index in [1.165, 1.54) is 4.90 Å². The number of hydrogen-bond acceptors (Lipinski definition) is 5. The molecule has 8 nitrogen and oxygen atoms in total. The Morgan fingerprint density at radius 3 is 2.42 bits per heavy atom. The van der Waals surface area contributed by atoms with Crippen LogP contribution in [0.15, 0.2) is 29.4 Å². The van der Waals surface area contributed by atoms with Gasteiger partial charge in [-0.1, -0.05) is 17.7 Å². The Labute approximate surface area is 151 Å². The summed E-state index contributed by atoms with van der Waals surface area (Å²) in [6.07, 6.45) is 1.38. The summed E-state index contributed by atoms with van der Waals surface area (Å²) in [6, 6.07) is 7.97. The minimum absolute atomic E-state index is 0.152. The molecule has 0 saturated carbocycles. The highest BCUT2D eigenvalue weighted by atomic mass is 16.2. The molecule has 3 aliphatic rings. The summed E-state index contributed by atoms with van der Waals surface area (Å²) in [5.74, 6) is -1.46. The molecule has 0 radical (unpaired) electrons. The molecule has 4 rings (SSSR count). The molecule has 1 unspecified atom stereocenters. The van der Waals surface area contributed by atoms with Gasteiger partial charge in [-0.15, -0.1) is 0 Å². The van der Waals surface area contributed by atoms with Crippen molar-refractivity contribution in [3.63, 3.8) is 0 Å². The minimum atomic E-state index is -0.723. The van der Waals surface area contributed by atoms with Crippen molar-refractivity contribution >= 4 is 23.4 Å². The Kier molecular flexibility index (Phi) is 4.18. The van der Waals surface area contributed by atoms with Gasteiger partial charge in [-0.2, -0.15) is 0 Å². The van der Waals surface area contributed by atoms with E-state index in [0.29, 0.717) is 26.2 Å². The second kappa shape index (κ2) is 6.51. The molecule has 1 aromatic carbocycles. The van der Waals surface area contributed by atoms with Gasteiger partial charge < -0.3 is 9.80 Å². The molecule has 0 aromatic heterocycles. The van der Waals surface area contributed by atoms with Crippen LogP contribution in [0.5, 0.6) is 0 Å². The number of benzene rings is 1. The van der Waals surface area contributed by atoms with Crippen molar-refractivity contribution in [3.8, 4) is 0 Å². The number of aryl methyl sites for hydroxylation is 1. The molecule has 0 bridgehead atoms. The van der Waals surface area contributed by atoms with Gasteiger partial charge in [0.15, 0.2) is 0 Å². The van der Waals surface area contributed by atoms with Crippen LogP contribution in [0.25, 0.3) is 0 Å². The van der Waals surface area contributed by atoms with Crippen molar-refractivity contribution in [2.24, 2.45) is 5.11 Å². The topological polar surface area (TPSA) is 76.3 Å². The van der Waals surface area contributed by atoms with Gasteiger partial charge in [0, 0.05) is 37.0 Å². The molecule has 0 N–H and O–H groups in total. The molecule has 3 heterocycles. The fourth-order valence-corrected chi connectivity index (χ4v) is 3.66. The van der Waals surface area contributed by atoms with Crippen LogP contribution in [0.3, 0.4) is 0 Å². The van der Waals surface area contributed by atoms with E-state index in [4.69, 9.17) is 0 Å². The van der Waals surface area contributed by atoms with Crippen LogP contribution >= 0.6 is 0 Å². The summed E-state index contributed by atoms with van der Waals surface area (Å²) in [6.45, 7) is 4.31. The molecule has 0 spiro atoms. The Morgan fingerprint density at radius 1 is 1.08 bits per heavy atom. The number of likely N-dealkylation sites (tertiary alicyclic amines) is 1. The lowest BCUT2D eigenvalue weighted by Gasteiger charge is -2.27. The van der Waals surface area contributed by atoms with Gasteiger partial charge >= 0.3 is 11.8 Å². The van der Waals surface area contributed by atoms with Crippen LogP contribution in [0.2, 0.25) is 0 Å². The van der Waals surface area contributed by atoms with Crippen molar-refractivity contribution in [1.29, 1.82) is 0 Å². The zero-order chi connectivity index (χ0) is 18.3. The molecule has 0 aliphatic carbocycles. The summed E-state index contributed by atoms with van der Waals surface area (Å²) in [5.41, 5.74) is 2.09. The van der Waals surface area contributed by atoms with Crippen LogP contribution in [0.4, 0.5) is 5.69 Å². The maximum absolute atomic E-state index is 12.5. The molecule has 26 heavy (non-hydrogen) atoms. The smallest absolute Gasteiger partial charge is 0.337 e. The number of amides is 3. The number of carbonyl (C=O) groups is 3. The number of azo groups is 2. The number of rotatable bonds is 3. The van der Waals surface area contributed by atoms with Gasteiger partial charge in [0.2, 0.25) is 0 Å². The fourth-order valence-electron chi connectivity index (χ4n) is 3.66. The number of carbonyl (C=O) groups excluding carboxylic acids is 3. The zero-order valence-corrected chi connectivity index (χ0v) is 14.8. The molecule has 8 heteroatoms. The molecule has 1 aromatic rings. The molecule has 136 valence electrons. The summed E-state index contributed by atoms with van der Waals surface area (Å²) in [4.78, 5) is 42.4. The first-order chi connectivity index (χ1) is 12.5. The van der Waals surface area contributed by atoms with E-state index >= 15 is 0 Å². The molecule has 1 atom stereocenters. The highest BCUT2D eigenvalue weighted by Crippen LogP contribution is 2.27. The third-order valence-electron chi connectivity index (χ3n) is 5.17. The van der Waals surface area contributed by atoms with Crippen molar-refractivity contribution in [3.05, 3.63) is 29.8 Å². The summed E-state index contributed by atoms with van der Waals surface area (Å²) in [7, 11) is 0. The number of nitrogens with zero attached hydrogens (tertiary/aromatic N) is 5. The highest BCUT2D eigenvalue weighted by molar-refractivity contribution is 6.31. The van der Waals surface area contributed by atoms with E-state index in [2.05, 4.69) is 5.11 Å². The lowest BCUT2D eigenvalue weighted by molar-refractivity contribution is -0.510.